The molecule has 2 aromatic carbocycles. The van der Waals surface area contributed by atoms with Crippen LogP contribution in [0.25, 0.3) is 0 Å². The number of benzene rings is 2. The Labute approximate surface area is 183 Å². The molecule has 3 rings (SSSR count). The average Bonchev–Trinajstić information content (AvgIpc) is 2.78. The van der Waals surface area contributed by atoms with Crippen LogP contribution in [-0.2, 0) is 10.0 Å². The first-order valence-electron chi connectivity index (χ1n) is 10.1. The summed E-state index contributed by atoms with van der Waals surface area (Å²) in [5.74, 6) is 0.907. The number of methoxy groups -OCH3 is 2. The Morgan fingerprint density at radius 1 is 1.03 bits per heavy atom. The van der Waals surface area contributed by atoms with E-state index >= 15 is 0 Å². The van der Waals surface area contributed by atoms with Crippen LogP contribution in [0.15, 0.2) is 47.4 Å². The third kappa shape index (κ3) is 5.17. The zero-order chi connectivity index (χ0) is 22.6. The van der Waals surface area contributed by atoms with E-state index < -0.39 is 10.0 Å². The van der Waals surface area contributed by atoms with Crippen LogP contribution in [0, 0.1) is 0 Å². The fourth-order valence-electron chi connectivity index (χ4n) is 3.51. The van der Waals surface area contributed by atoms with E-state index in [1.807, 2.05) is 14.0 Å². The number of carbonyl (C=O) groups excluding carboxylic acids is 1. The molecule has 0 spiro atoms. The molecule has 168 valence electrons. The Balaban J connectivity index is 1.79. The summed E-state index contributed by atoms with van der Waals surface area (Å²) in [6, 6.07) is 11.1. The summed E-state index contributed by atoms with van der Waals surface area (Å²) in [5, 5.41) is 2.91. The van der Waals surface area contributed by atoms with Gasteiger partial charge in [-0.1, -0.05) is 6.07 Å². The molecule has 0 saturated carbocycles. The number of nitrogens with zero attached hydrogens (tertiary/aromatic N) is 2. The van der Waals surface area contributed by atoms with Gasteiger partial charge in [0.15, 0.2) is 0 Å². The molecule has 1 N–H and O–H groups in total. The van der Waals surface area contributed by atoms with Gasteiger partial charge in [-0.3, -0.25) is 4.79 Å². The SMILES string of the molecule is COc1ccc(OC)c(C(C)NC(=O)c2cccc(S(=O)(=O)N3CCN(C)CC3)c2)c1. The van der Waals surface area contributed by atoms with Crippen molar-refractivity contribution in [2.24, 2.45) is 0 Å². The van der Waals surface area contributed by atoms with Crippen LogP contribution in [0.1, 0.15) is 28.9 Å². The van der Waals surface area contributed by atoms with Gasteiger partial charge in [0.05, 0.1) is 25.2 Å². The number of piperazine rings is 1. The standard InChI is InChI=1S/C22H29N3O5S/c1-16(20-15-18(29-3)8-9-21(20)30-4)23-22(26)17-6-5-7-19(14-17)31(27,28)25-12-10-24(2)11-13-25/h5-9,14-16H,10-13H2,1-4H3,(H,23,26). The molecule has 1 atom stereocenters. The van der Waals surface area contributed by atoms with E-state index in [0.29, 0.717) is 37.7 Å². The van der Waals surface area contributed by atoms with Gasteiger partial charge in [-0.25, -0.2) is 8.42 Å². The molecule has 31 heavy (non-hydrogen) atoms. The molecule has 1 heterocycles. The Kier molecular flexibility index (Phi) is 7.19. The predicted molar refractivity (Wildman–Crippen MR) is 118 cm³/mol. The number of hydrogen-bond donors (Lipinski definition) is 1. The van der Waals surface area contributed by atoms with E-state index in [1.54, 1.807) is 44.6 Å². The normalized spacial score (nSPS) is 16.5. The van der Waals surface area contributed by atoms with Crippen LogP contribution < -0.4 is 14.8 Å². The van der Waals surface area contributed by atoms with Gasteiger partial charge in [0, 0.05) is 37.3 Å². The van der Waals surface area contributed by atoms with Crippen LogP contribution in [-0.4, -0.2) is 71.0 Å². The molecule has 2 aromatic rings. The first-order chi connectivity index (χ1) is 14.8. The van der Waals surface area contributed by atoms with Crippen molar-refractivity contribution in [3.63, 3.8) is 0 Å². The first-order valence-corrected chi connectivity index (χ1v) is 11.5. The number of nitrogens with one attached hydrogen (secondary N) is 1. The van der Waals surface area contributed by atoms with E-state index in [-0.39, 0.29) is 22.4 Å². The van der Waals surface area contributed by atoms with Gasteiger partial charge in [-0.05, 0) is 50.4 Å². The molecule has 1 unspecified atom stereocenters. The Morgan fingerprint density at radius 2 is 1.74 bits per heavy atom. The monoisotopic (exact) mass is 447 g/mol. The second kappa shape index (κ2) is 9.67. The van der Waals surface area contributed by atoms with Gasteiger partial charge in [-0.15, -0.1) is 0 Å². The quantitative estimate of drug-likeness (QED) is 0.700. The van der Waals surface area contributed by atoms with Crippen LogP contribution >= 0.6 is 0 Å². The maximum absolute atomic E-state index is 13.0. The van der Waals surface area contributed by atoms with Crippen molar-refractivity contribution >= 4 is 15.9 Å². The molecule has 9 heteroatoms. The van der Waals surface area contributed by atoms with Gasteiger partial charge < -0.3 is 19.7 Å². The summed E-state index contributed by atoms with van der Waals surface area (Å²) < 4.78 is 38.2. The topological polar surface area (TPSA) is 88.2 Å². The van der Waals surface area contributed by atoms with E-state index in [1.165, 1.54) is 16.4 Å². The van der Waals surface area contributed by atoms with Crippen molar-refractivity contribution < 1.29 is 22.7 Å². The molecule has 1 aliphatic heterocycles. The van der Waals surface area contributed by atoms with Crippen molar-refractivity contribution in [3.8, 4) is 11.5 Å². The van der Waals surface area contributed by atoms with E-state index in [0.717, 1.165) is 5.56 Å². The molecule has 1 saturated heterocycles. The van der Waals surface area contributed by atoms with Crippen molar-refractivity contribution in [2.75, 3.05) is 47.4 Å². The Hall–Kier alpha value is -2.62. The number of hydrogen-bond acceptors (Lipinski definition) is 6. The molecule has 0 bridgehead atoms. The second-order valence-electron chi connectivity index (χ2n) is 7.54. The van der Waals surface area contributed by atoms with E-state index in [4.69, 9.17) is 9.47 Å². The molecule has 1 aliphatic rings. The van der Waals surface area contributed by atoms with Gasteiger partial charge >= 0.3 is 0 Å². The van der Waals surface area contributed by atoms with Gasteiger partial charge in [0.1, 0.15) is 11.5 Å². The summed E-state index contributed by atoms with van der Waals surface area (Å²) >= 11 is 0. The van der Waals surface area contributed by atoms with Crippen molar-refractivity contribution in [3.05, 3.63) is 53.6 Å². The highest BCUT2D eigenvalue weighted by Crippen LogP contribution is 2.29. The lowest BCUT2D eigenvalue weighted by atomic mass is 10.1. The molecular formula is C22H29N3O5S. The molecule has 0 aromatic heterocycles. The summed E-state index contributed by atoms with van der Waals surface area (Å²) in [7, 11) is 1.45. The van der Waals surface area contributed by atoms with Crippen molar-refractivity contribution in [1.82, 2.24) is 14.5 Å². The highest BCUT2D eigenvalue weighted by Gasteiger charge is 2.28. The van der Waals surface area contributed by atoms with Crippen LogP contribution in [0.3, 0.4) is 0 Å². The molecule has 0 aliphatic carbocycles. The Morgan fingerprint density at radius 3 is 2.39 bits per heavy atom. The van der Waals surface area contributed by atoms with Gasteiger partial charge in [-0.2, -0.15) is 4.31 Å². The largest absolute Gasteiger partial charge is 0.497 e. The molecular weight excluding hydrogens is 418 g/mol. The van der Waals surface area contributed by atoms with Crippen LogP contribution in [0.2, 0.25) is 0 Å². The van der Waals surface area contributed by atoms with Gasteiger partial charge in [0.2, 0.25) is 10.0 Å². The minimum Gasteiger partial charge on any atom is -0.497 e. The Bertz CT molecular complexity index is 1030. The highest BCUT2D eigenvalue weighted by molar-refractivity contribution is 7.89. The van der Waals surface area contributed by atoms with E-state index in [9.17, 15) is 13.2 Å². The molecule has 1 amide bonds. The average molecular weight is 448 g/mol. The van der Waals surface area contributed by atoms with E-state index in [2.05, 4.69) is 10.2 Å². The summed E-state index contributed by atoms with van der Waals surface area (Å²) in [5.41, 5.74) is 1.04. The lowest BCUT2D eigenvalue weighted by Crippen LogP contribution is -2.47. The predicted octanol–water partition coefficient (Wildman–Crippen LogP) is 2.13. The number of sulfonamides is 1. The number of likely N-dealkylation sites (N-methyl/N-ethyl adjacent to an activating group) is 1. The fourth-order valence-corrected chi connectivity index (χ4v) is 4.98. The minimum atomic E-state index is -3.65. The summed E-state index contributed by atoms with van der Waals surface area (Å²) in [6.45, 7) is 4.06. The van der Waals surface area contributed by atoms with Gasteiger partial charge in [0.25, 0.3) is 5.91 Å². The maximum atomic E-state index is 13.0. The van der Waals surface area contributed by atoms with Crippen LogP contribution in [0.4, 0.5) is 0 Å². The number of ether oxygens (including phenoxy) is 2. The lowest BCUT2D eigenvalue weighted by molar-refractivity contribution is 0.0939. The third-order valence-corrected chi connectivity index (χ3v) is 7.34. The summed E-state index contributed by atoms with van der Waals surface area (Å²) in [6.07, 6.45) is 0. The zero-order valence-corrected chi connectivity index (χ0v) is 19.1. The first kappa shape index (κ1) is 23.1. The third-order valence-electron chi connectivity index (χ3n) is 5.45. The minimum absolute atomic E-state index is 0.122. The smallest absolute Gasteiger partial charge is 0.251 e. The number of rotatable bonds is 7. The molecule has 8 nitrogen and oxygen atoms in total. The fraction of sp³-hybridized carbons (Fsp3) is 0.409. The number of amides is 1. The van der Waals surface area contributed by atoms with Crippen LogP contribution in [0.5, 0.6) is 11.5 Å². The highest BCUT2D eigenvalue weighted by atomic mass is 32.2. The molecule has 1 fully saturated rings. The van der Waals surface area contributed by atoms with Crippen molar-refractivity contribution in [1.29, 1.82) is 0 Å². The van der Waals surface area contributed by atoms with Crippen molar-refractivity contribution in [2.45, 2.75) is 17.9 Å². The maximum Gasteiger partial charge on any atom is 0.251 e. The second-order valence-corrected chi connectivity index (χ2v) is 9.48. The zero-order valence-electron chi connectivity index (χ0n) is 18.3. The molecule has 0 radical (unpaired) electrons. The summed E-state index contributed by atoms with van der Waals surface area (Å²) in [4.78, 5) is 15.1. The number of carbonyl (C=O) groups is 1. The lowest BCUT2D eigenvalue weighted by Gasteiger charge is -2.31.